The molecule has 0 radical (unpaired) electrons. The molecule has 2 aromatic rings. The molecule has 1 atom stereocenters. The number of ether oxygens (including phenoxy) is 1. The van der Waals surface area contributed by atoms with Crippen molar-refractivity contribution in [3.05, 3.63) is 62.2 Å². The molecule has 0 aliphatic carbocycles. The molecule has 0 unspecified atom stereocenters. The first-order valence-corrected chi connectivity index (χ1v) is 8.57. The van der Waals surface area contributed by atoms with Gasteiger partial charge in [0.15, 0.2) is 10.8 Å². The van der Waals surface area contributed by atoms with Crippen LogP contribution in [0.2, 0.25) is 5.02 Å². The molecular weight excluding hydrogens is 346 g/mol. The van der Waals surface area contributed by atoms with Crippen molar-refractivity contribution >= 4 is 34.7 Å². The van der Waals surface area contributed by atoms with Gasteiger partial charge in [-0.25, -0.2) is 9.78 Å². The minimum absolute atomic E-state index is 0.427. The van der Waals surface area contributed by atoms with E-state index in [9.17, 15) is 4.79 Å². The Labute approximate surface area is 149 Å². The van der Waals surface area contributed by atoms with Gasteiger partial charge >= 0.3 is 5.97 Å². The summed E-state index contributed by atoms with van der Waals surface area (Å²) in [6.07, 6.45) is 1.72. The van der Waals surface area contributed by atoms with Crippen molar-refractivity contribution < 1.29 is 9.53 Å². The predicted molar refractivity (Wildman–Crippen MR) is 95.4 cm³/mol. The Morgan fingerprint density at radius 3 is 2.79 bits per heavy atom. The Bertz CT molecular complexity index is 844. The molecule has 24 heavy (non-hydrogen) atoms. The number of amidine groups is 1. The summed E-state index contributed by atoms with van der Waals surface area (Å²) in [5.41, 5.74) is 2.94. The Hall–Kier alpha value is -2.18. The van der Waals surface area contributed by atoms with Crippen molar-refractivity contribution in [1.29, 1.82) is 0 Å². The van der Waals surface area contributed by atoms with Crippen LogP contribution >= 0.6 is 22.9 Å². The molecular formula is C17H16ClN3O2S. The number of carbonyl (C=O) groups excluding carboxylic acids is 1. The van der Waals surface area contributed by atoms with Gasteiger partial charge in [0.1, 0.15) is 6.04 Å². The lowest BCUT2D eigenvalue weighted by Gasteiger charge is -2.25. The average molecular weight is 362 g/mol. The Balaban J connectivity index is 2.14. The van der Waals surface area contributed by atoms with Crippen LogP contribution in [0.5, 0.6) is 0 Å². The largest absolute Gasteiger partial charge is 0.466 e. The molecule has 0 fully saturated rings. The number of halogens is 1. The number of allylic oxidation sites excluding steroid dienone is 1. The lowest BCUT2D eigenvalue weighted by Crippen LogP contribution is -2.32. The van der Waals surface area contributed by atoms with E-state index in [-0.39, 0.29) is 0 Å². The molecule has 1 aliphatic heterocycles. The number of carbonyl (C=O) groups is 1. The first kappa shape index (κ1) is 16.7. The number of aryl methyl sites for hydroxylation is 1. The highest BCUT2D eigenvalue weighted by Gasteiger charge is 2.32. The quantitative estimate of drug-likeness (QED) is 0.848. The third-order valence-electron chi connectivity index (χ3n) is 3.73. The van der Waals surface area contributed by atoms with Crippen LogP contribution in [0.3, 0.4) is 0 Å². The van der Waals surface area contributed by atoms with E-state index >= 15 is 0 Å². The number of rotatable bonds is 3. The summed E-state index contributed by atoms with van der Waals surface area (Å²) < 4.78 is 4.94. The number of nitrogens with one attached hydrogen (secondary N) is 1. The molecule has 1 aromatic heterocycles. The van der Waals surface area contributed by atoms with Crippen LogP contribution < -0.4 is 5.32 Å². The number of thiazole rings is 1. The predicted octanol–water partition coefficient (Wildman–Crippen LogP) is 3.64. The SMILES string of the molecule is COC(=O)C1=C(C)NC(c2nccs2)=N[C@H]1c1ccc(C)cc1Cl. The molecule has 7 heteroatoms. The lowest BCUT2D eigenvalue weighted by atomic mass is 9.95. The molecule has 0 saturated heterocycles. The summed E-state index contributed by atoms with van der Waals surface area (Å²) >= 11 is 7.89. The van der Waals surface area contributed by atoms with Gasteiger partial charge in [0, 0.05) is 27.9 Å². The monoisotopic (exact) mass is 361 g/mol. The van der Waals surface area contributed by atoms with Gasteiger partial charge in [-0.05, 0) is 25.5 Å². The molecule has 1 aromatic carbocycles. The number of methoxy groups -OCH3 is 1. The normalized spacial score (nSPS) is 17.3. The van der Waals surface area contributed by atoms with Crippen LogP contribution in [0, 0.1) is 6.92 Å². The van der Waals surface area contributed by atoms with Gasteiger partial charge in [-0.1, -0.05) is 23.7 Å². The summed E-state index contributed by atoms with van der Waals surface area (Å²) in [6, 6.07) is 5.17. The highest BCUT2D eigenvalue weighted by molar-refractivity contribution is 7.11. The summed E-state index contributed by atoms with van der Waals surface area (Å²) in [4.78, 5) is 21.3. The number of esters is 1. The fraction of sp³-hybridized carbons (Fsp3) is 0.235. The van der Waals surface area contributed by atoms with Gasteiger partial charge < -0.3 is 10.1 Å². The first-order chi connectivity index (χ1) is 11.5. The summed E-state index contributed by atoms with van der Waals surface area (Å²) in [6.45, 7) is 3.79. The van der Waals surface area contributed by atoms with E-state index in [0.717, 1.165) is 16.1 Å². The van der Waals surface area contributed by atoms with Gasteiger partial charge in [-0.3, -0.25) is 4.99 Å². The van der Waals surface area contributed by atoms with Crippen molar-refractivity contribution in [2.45, 2.75) is 19.9 Å². The third kappa shape index (κ3) is 3.07. The molecule has 0 saturated carbocycles. The summed E-state index contributed by atoms with van der Waals surface area (Å²) in [5, 5.41) is 6.35. The highest BCUT2D eigenvalue weighted by atomic mass is 35.5. The second-order valence-corrected chi connectivity index (χ2v) is 6.70. The number of nitrogens with zero attached hydrogens (tertiary/aromatic N) is 2. The Kier molecular flexibility index (Phi) is 4.69. The Morgan fingerprint density at radius 1 is 1.38 bits per heavy atom. The zero-order valence-electron chi connectivity index (χ0n) is 13.5. The number of aliphatic imine (C=N–C) groups is 1. The molecule has 3 rings (SSSR count). The summed E-state index contributed by atoms with van der Waals surface area (Å²) in [5.74, 6) is 0.195. The van der Waals surface area contributed by atoms with E-state index in [0.29, 0.717) is 22.1 Å². The molecule has 0 spiro atoms. The number of hydrogen-bond donors (Lipinski definition) is 1. The molecule has 5 nitrogen and oxygen atoms in total. The maximum Gasteiger partial charge on any atom is 0.338 e. The Morgan fingerprint density at radius 2 is 2.17 bits per heavy atom. The minimum atomic E-state index is -0.536. The topological polar surface area (TPSA) is 63.6 Å². The lowest BCUT2D eigenvalue weighted by molar-refractivity contribution is -0.136. The maximum atomic E-state index is 12.3. The first-order valence-electron chi connectivity index (χ1n) is 7.31. The molecule has 124 valence electrons. The third-order valence-corrected chi connectivity index (χ3v) is 4.84. The van der Waals surface area contributed by atoms with Crippen molar-refractivity contribution in [3.63, 3.8) is 0 Å². The van der Waals surface area contributed by atoms with Crippen molar-refractivity contribution in [2.75, 3.05) is 7.11 Å². The number of aromatic nitrogens is 1. The fourth-order valence-corrected chi connectivity index (χ4v) is 3.50. The van der Waals surface area contributed by atoms with E-state index in [1.54, 1.807) is 6.20 Å². The van der Waals surface area contributed by atoms with Gasteiger partial charge in [0.2, 0.25) is 0 Å². The van der Waals surface area contributed by atoms with Crippen LogP contribution in [0.25, 0.3) is 0 Å². The zero-order chi connectivity index (χ0) is 17.3. The minimum Gasteiger partial charge on any atom is -0.466 e. The van der Waals surface area contributed by atoms with E-state index in [4.69, 9.17) is 21.3 Å². The van der Waals surface area contributed by atoms with Crippen molar-refractivity contribution in [2.24, 2.45) is 4.99 Å². The van der Waals surface area contributed by atoms with Gasteiger partial charge in [0.05, 0.1) is 12.7 Å². The second kappa shape index (κ2) is 6.75. The van der Waals surface area contributed by atoms with Crippen LogP contribution in [0.4, 0.5) is 0 Å². The molecule has 2 heterocycles. The van der Waals surface area contributed by atoms with E-state index in [2.05, 4.69) is 10.3 Å². The van der Waals surface area contributed by atoms with E-state index in [1.165, 1.54) is 18.4 Å². The van der Waals surface area contributed by atoms with Crippen LogP contribution in [0.15, 0.2) is 46.0 Å². The highest BCUT2D eigenvalue weighted by Crippen LogP contribution is 2.36. The molecule has 0 amide bonds. The van der Waals surface area contributed by atoms with Gasteiger partial charge in [0.25, 0.3) is 0 Å². The maximum absolute atomic E-state index is 12.3. The fourth-order valence-electron chi connectivity index (χ4n) is 2.58. The standard InChI is InChI=1S/C17H16ClN3O2S/c1-9-4-5-11(12(18)8-9)14-13(17(22)23-3)10(2)20-15(21-14)16-19-6-7-24-16/h4-8,14H,1-3H3,(H,20,21)/t14-/m0/s1. The number of benzene rings is 1. The van der Waals surface area contributed by atoms with Gasteiger partial charge in [-0.15, -0.1) is 11.3 Å². The average Bonchev–Trinajstić information content (AvgIpc) is 3.08. The summed E-state index contributed by atoms with van der Waals surface area (Å²) in [7, 11) is 1.36. The van der Waals surface area contributed by atoms with Crippen molar-refractivity contribution in [3.8, 4) is 0 Å². The smallest absolute Gasteiger partial charge is 0.338 e. The molecule has 1 N–H and O–H groups in total. The van der Waals surface area contributed by atoms with E-state index in [1.807, 2.05) is 37.4 Å². The number of hydrogen-bond acceptors (Lipinski definition) is 6. The molecule has 1 aliphatic rings. The van der Waals surface area contributed by atoms with Crippen molar-refractivity contribution in [1.82, 2.24) is 10.3 Å². The van der Waals surface area contributed by atoms with Crippen LogP contribution in [-0.2, 0) is 9.53 Å². The zero-order valence-corrected chi connectivity index (χ0v) is 15.0. The van der Waals surface area contributed by atoms with Crippen LogP contribution in [-0.4, -0.2) is 23.9 Å². The van der Waals surface area contributed by atoms with Gasteiger partial charge in [-0.2, -0.15) is 0 Å². The van der Waals surface area contributed by atoms with E-state index < -0.39 is 12.0 Å². The second-order valence-electron chi connectivity index (χ2n) is 5.40. The molecule has 0 bridgehead atoms. The van der Waals surface area contributed by atoms with Crippen LogP contribution in [0.1, 0.15) is 29.1 Å².